The Bertz CT molecular complexity index is 534. The topological polar surface area (TPSA) is 72.4 Å². The van der Waals surface area contributed by atoms with Crippen LogP contribution in [0.4, 0.5) is 5.69 Å². The van der Waals surface area contributed by atoms with Gasteiger partial charge in [0.15, 0.2) is 0 Å². The molecule has 1 aromatic rings. The molecule has 5 heteroatoms. The summed E-state index contributed by atoms with van der Waals surface area (Å²) < 4.78 is 0.941. The van der Waals surface area contributed by atoms with Crippen molar-refractivity contribution in [2.75, 3.05) is 18.0 Å². The lowest BCUT2D eigenvalue weighted by molar-refractivity contribution is 0.100. The molecule has 1 saturated heterocycles. The largest absolute Gasteiger partial charge is 0.370 e. The van der Waals surface area contributed by atoms with Crippen LogP contribution in [-0.2, 0) is 0 Å². The number of rotatable bonds is 2. The molecule has 0 aromatic heterocycles. The third-order valence-corrected chi connectivity index (χ3v) is 5.30. The second-order valence-corrected chi connectivity index (χ2v) is 6.88. The number of halogens is 1. The van der Waals surface area contributed by atoms with Gasteiger partial charge in [0, 0.05) is 29.2 Å². The monoisotopic (exact) mass is 337 g/mol. The van der Waals surface area contributed by atoms with Crippen LogP contribution in [0.3, 0.4) is 0 Å². The smallest absolute Gasteiger partial charge is 0.248 e. The molecule has 20 heavy (non-hydrogen) atoms. The van der Waals surface area contributed by atoms with Crippen molar-refractivity contribution in [3.05, 3.63) is 28.2 Å². The first-order valence-corrected chi connectivity index (χ1v) is 7.94. The van der Waals surface area contributed by atoms with Crippen molar-refractivity contribution < 1.29 is 4.79 Å². The summed E-state index contributed by atoms with van der Waals surface area (Å²) in [6.45, 7) is 2.15. The van der Waals surface area contributed by atoms with Gasteiger partial charge in [-0.25, -0.2) is 0 Å². The molecule has 1 aliphatic heterocycles. The molecule has 1 aliphatic carbocycles. The number of anilines is 1. The van der Waals surface area contributed by atoms with Crippen molar-refractivity contribution in [1.29, 1.82) is 0 Å². The predicted octanol–water partition coefficient (Wildman–Crippen LogP) is 2.11. The van der Waals surface area contributed by atoms with E-state index in [0.717, 1.165) is 42.0 Å². The highest BCUT2D eigenvalue weighted by Crippen LogP contribution is 2.39. The molecule has 0 radical (unpaired) electrons. The van der Waals surface area contributed by atoms with E-state index in [0.29, 0.717) is 17.5 Å². The zero-order valence-corrected chi connectivity index (χ0v) is 13.0. The van der Waals surface area contributed by atoms with Crippen LogP contribution in [0, 0.1) is 11.8 Å². The molecule has 3 atom stereocenters. The highest BCUT2D eigenvalue weighted by Gasteiger charge is 2.37. The third-order valence-electron chi connectivity index (χ3n) is 4.66. The highest BCUT2D eigenvalue weighted by atomic mass is 79.9. The number of primary amides is 1. The zero-order chi connectivity index (χ0) is 14.3. The van der Waals surface area contributed by atoms with E-state index >= 15 is 0 Å². The lowest BCUT2D eigenvalue weighted by Gasteiger charge is -2.27. The minimum absolute atomic E-state index is 0.372. The first-order valence-electron chi connectivity index (χ1n) is 7.14. The molecule has 1 unspecified atom stereocenters. The van der Waals surface area contributed by atoms with Crippen LogP contribution in [0.1, 0.15) is 29.6 Å². The first kappa shape index (κ1) is 13.9. The van der Waals surface area contributed by atoms with Crippen LogP contribution in [0.2, 0.25) is 0 Å². The minimum Gasteiger partial charge on any atom is -0.370 e. The number of hydrogen-bond acceptors (Lipinski definition) is 3. The van der Waals surface area contributed by atoms with Gasteiger partial charge in [-0.2, -0.15) is 0 Å². The number of hydrogen-bond donors (Lipinski definition) is 2. The summed E-state index contributed by atoms with van der Waals surface area (Å²) in [6.07, 6.45) is 3.52. The fraction of sp³-hybridized carbons (Fsp3) is 0.533. The average molecular weight is 338 g/mol. The van der Waals surface area contributed by atoms with Gasteiger partial charge in [0.1, 0.15) is 0 Å². The standard InChI is InChI=1S/C15H20BrN3O/c16-13-6-9(15(18)20)2-4-14(13)19-7-10-1-3-12(17)5-11(10)8-19/h2,4,6,10-12H,1,3,5,7-8,17H2,(H2,18,20)/t10-,11+,12?/m1/s1. The predicted molar refractivity (Wildman–Crippen MR) is 83.7 cm³/mol. The molecule has 0 spiro atoms. The van der Waals surface area contributed by atoms with E-state index in [1.165, 1.54) is 6.42 Å². The first-order chi connectivity index (χ1) is 9.54. The second kappa shape index (κ2) is 5.37. The maximum Gasteiger partial charge on any atom is 0.248 e. The van der Waals surface area contributed by atoms with Crippen LogP contribution in [0.5, 0.6) is 0 Å². The molecule has 1 heterocycles. The molecular weight excluding hydrogens is 318 g/mol. The Morgan fingerprint density at radius 2 is 2.00 bits per heavy atom. The summed E-state index contributed by atoms with van der Waals surface area (Å²) >= 11 is 3.56. The van der Waals surface area contributed by atoms with Crippen molar-refractivity contribution in [2.24, 2.45) is 23.3 Å². The Balaban J connectivity index is 1.79. The van der Waals surface area contributed by atoms with Crippen molar-refractivity contribution in [1.82, 2.24) is 0 Å². The fourth-order valence-electron chi connectivity index (χ4n) is 3.58. The Hall–Kier alpha value is -1.07. The normalized spacial score (nSPS) is 29.3. The van der Waals surface area contributed by atoms with Crippen molar-refractivity contribution >= 4 is 27.5 Å². The molecular formula is C15H20BrN3O. The molecule has 1 aromatic carbocycles. The molecule has 108 valence electrons. The number of nitrogens with two attached hydrogens (primary N) is 2. The van der Waals surface area contributed by atoms with Gasteiger partial charge in [-0.05, 0) is 65.2 Å². The summed E-state index contributed by atoms with van der Waals surface area (Å²) in [4.78, 5) is 13.6. The van der Waals surface area contributed by atoms with Gasteiger partial charge in [-0.1, -0.05) is 0 Å². The van der Waals surface area contributed by atoms with Gasteiger partial charge >= 0.3 is 0 Å². The van der Waals surface area contributed by atoms with Crippen LogP contribution in [0.25, 0.3) is 0 Å². The molecule has 4 N–H and O–H groups in total. The minimum atomic E-state index is -0.390. The molecule has 4 nitrogen and oxygen atoms in total. The van der Waals surface area contributed by atoms with E-state index in [1.807, 2.05) is 12.1 Å². The number of benzene rings is 1. The van der Waals surface area contributed by atoms with Crippen LogP contribution in [0.15, 0.2) is 22.7 Å². The molecule has 1 saturated carbocycles. The maximum atomic E-state index is 11.2. The Kier molecular flexibility index (Phi) is 3.73. The quantitative estimate of drug-likeness (QED) is 0.868. The summed E-state index contributed by atoms with van der Waals surface area (Å²) in [6, 6.07) is 5.97. The van der Waals surface area contributed by atoms with Crippen molar-refractivity contribution in [2.45, 2.75) is 25.3 Å². The molecule has 2 aliphatic rings. The zero-order valence-electron chi connectivity index (χ0n) is 11.4. The van der Waals surface area contributed by atoms with E-state index in [1.54, 1.807) is 6.07 Å². The Morgan fingerprint density at radius 1 is 1.25 bits per heavy atom. The second-order valence-electron chi connectivity index (χ2n) is 6.03. The summed E-state index contributed by atoms with van der Waals surface area (Å²) in [7, 11) is 0. The van der Waals surface area contributed by atoms with E-state index in [4.69, 9.17) is 11.5 Å². The van der Waals surface area contributed by atoms with E-state index in [2.05, 4.69) is 20.8 Å². The van der Waals surface area contributed by atoms with Gasteiger partial charge in [-0.3, -0.25) is 4.79 Å². The summed E-state index contributed by atoms with van der Waals surface area (Å²) in [5.74, 6) is 1.08. The summed E-state index contributed by atoms with van der Waals surface area (Å²) in [5, 5.41) is 0. The average Bonchev–Trinajstić information content (AvgIpc) is 2.80. The van der Waals surface area contributed by atoms with Crippen LogP contribution < -0.4 is 16.4 Å². The van der Waals surface area contributed by atoms with Crippen LogP contribution in [-0.4, -0.2) is 25.0 Å². The number of amides is 1. The van der Waals surface area contributed by atoms with Crippen LogP contribution >= 0.6 is 15.9 Å². The van der Waals surface area contributed by atoms with Crippen molar-refractivity contribution in [3.8, 4) is 0 Å². The number of carbonyl (C=O) groups is 1. The van der Waals surface area contributed by atoms with Gasteiger partial charge in [0.25, 0.3) is 0 Å². The molecule has 1 amide bonds. The van der Waals surface area contributed by atoms with E-state index < -0.39 is 5.91 Å². The fourth-order valence-corrected chi connectivity index (χ4v) is 4.21. The lowest BCUT2D eigenvalue weighted by atomic mass is 9.79. The molecule has 2 fully saturated rings. The number of carbonyl (C=O) groups excluding carboxylic acids is 1. The number of fused-ring (bicyclic) bond motifs is 1. The van der Waals surface area contributed by atoms with Gasteiger partial charge in [0.05, 0.1) is 5.69 Å². The highest BCUT2D eigenvalue weighted by molar-refractivity contribution is 9.10. The maximum absolute atomic E-state index is 11.2. The van der Waals surface area contributed by atoms with E-state index in [-0.39, 0.29) is 0 Å². The summed E-state index contributed by atoms with van der Waals surface area (Å²) in [5.41, 5.74) is 13.1. The third kappa shape index (κ3) is 2.56. The Labute approximate surface area is 127 Å². The Morgan fingerprint density at radius 3 is 2.70 bits per heavy atom. The van der Waals surface area contributed by atoms with Gasteiger partial charge in [-0.15, -0.1) is 0 Å². The van der Waals surface area contributed by atoms with Crippen molar-refractivity contribution in [3.63, 3.8) is 0 Å². The van der Waals surface area contributed by atoms with Gasteiger partial charge in [0.2, 0.25) is 5.91 Å². The molecule has 3 rings (SSSR count). The molecule has 0 bridgehead atoms. The van der Waals surface area contributed by atoms with Gasteiger partial charge < -0.3 is 16.4 Å². The lowest BCUT2D eigenvalue weighted by Crippen LogP contribution is -2.32. The van der Waals surface area contributed by atoms with E-state index in [9.17, 15) is 4.79 Å². The SMILES string of the molecule is NC(=O)c1ccc(N2C[C@H]3CCC(N)C[C@H]3C2)c(Br)c1. The number of nitrogens with zero attached hydrogens (tertiary/aromatic N) is 1.